The van der Waals surface area contributed by atoms with Crippen LogP contribution < -0.4 is 0 Å². The van der Waals surface area contributed by atoms with E-state index in [2.05, 4.69) is 18.9 Å². The van der Waals surface area contributed by atoms with Crippen LogP contribution in [0, 0.1) is 0 Å². The van der Waals surface area contributed by atoms with Gasteiger partial charge in [0.1, 0.15) is 5.60 Å². The number of hydrogen-bond donors (Lipinski definition) is 1. The normalized spacial score (nSPS) is 15.2. The minimum atomic E-state index is -0.536. The molecule has 0 radical (unpaired) electrons. The lowest BCUT2D eigenvalue weighted by Crippen LogP contribution is -2.48. The van der Waals surface area contributed by atoms with Gasteiger partial charge in [-0.3, -0.25) is 4.79 Å². The number of aromatic hydroxyl groups is 1. The third-order valence-corrected chi connectivity index (χ3v) is 5.71. The molecule has 1 fully saturated rings. The number of benzene rings is 1. The van der Waals surface area contributed by atoms with Gasteiger partial charge in [0.15, 0.2) is 11.4 Å². The Bertz CT molecular complexity index is 951. The van der Waals surface area contributed by atoms with Gasteiger partial charge in [-0.25, -0.2) is 9.48 Å². The molecule has 0 aliphatic carbocycles. The van der Waals surface area contributed by atoms with Crippen LogP contribution in [0.3, 0.4) is 0 Å². The second-order valence-corrected chi connectivity index (χ2v) is 9.67. The van der Waals surface area contributed by atoms with Crippen molar-refractivity contribution in [2.45, 2.75) is 65.0 Å². The van der Waals surface area contributed by atoms with Crippen LogP contribution in [0.25, 0.3) is 5.69 Å². The molecule has 8 nitrogen and oxygen atoms in total. The molecule has 174 valence electrons. The van der Waals surface area contributed by atoms with Gasteiger partial charge in [0.05, 0.1) is 11.9 Å². The van der Waals surface area contributed by atoms with Gasteiger partial charge in [-0.05, 0) is 57.2 Å². The summed E-state index contributed by atoms with van der Waals surface area (Å²) in [6.07, 6.45) is 2.40. The van der Waals surface area contributed by atoms with Crippen molar-refractivity contribution in [1.29, 1.82) is 0 Å². The second kappa shape index (κ2) is 9.22. The van der Waals surface area contributed by atoms with Crippen molar-refractivity contribution >= 4 is 12.0 Å². The Morgan fingerprint density at radius 2 is 1.75 bits per heavy atom. The number of ether oxygens (including phenoxy) is 1. The van der Waals surface area contributed by atoms with Crippen molar-refractivity contribution < 1.29 is 19.4 Å². The highest BCUT2D eigenvalue weighted by atomic mass is 16.6. The van der Waals surface area contributed by atoms with Crippen molar-refractivity contribution in [3.05, 3.63) is 41.7 Å². The maximum atomic E-state index is 13.0. The van der Waals surface area contributed by atoms with E-state index in [-0.39, 0.29) is 29.5 Å². The number of carbonyl (C=O) groups is 2. The maximum absolute atomic E-state index is 13.0. The first-order chi connectivity index (χ1) is 15.0. The molecule has 0 bridgehead atoms. The minimum Gasteiger partial charge on any atom is -0.504 e. The smallest absolute Gasteiger partial charge is 0.410 e. The van der Waals surface area contributed by atoms with Crippen molar-refractivity contribution in [1.82, 2.24) is 19.6 Å². The fourth-order valence-corrected chi connectivity index (χ4v) is 3.76. The summed E-state index contributed by atoms with van der Waals surface area (Å²) < 4.78 is 6.95. The van der Waals surface area contributed by atoms with Crippen LogP contribution in [0.4, 0.5) is 4.79 Å². The van der Waals surface area contributed by atoms with Crippen LogP contribution in [0.2, 0.25) is 0 Å². The molecule has 1 aromatic heterocycles. The number of carbonyl (C=O) groups excluding carboxylic acids is 2. The number of hydrogen-bond acceptors (Lipinski definition) is 5. The average Bonchev–Trinajstić information content (AvgIpc) is 3.13. The van der Waals surface area contributed by atoms with Gasteiger partial charge in [-0.2, -0.15) is 5.10 Å². The van der Waals surface area contributed by atoms with E-state index < -0.39 is 5.60 Å². The van der Waals surface area contributed by atoms with E-state index in [4.69, 9.17) is 4.74 Å². The number of amides is 2. The minimum absolute atomic E-state index is 0.0232. The predicted octanol–water partition coefficient (Wildman–Crippen LogP) is 4.17. The van der Waals surface area contributed by atoms with Crippen LogP contribution in [-0.2, 0) is 4.74 Å². The average molecular weight is 443 g/mol. The Morgan fingerprint density at radius 3 is 2.28 bits per heavy atom. The largest absolute Gasteiger partial charge is 0.504 e. The number of piperidine rings is 1. The first kappa shape index (κ1) is 23.6. The summed E-state index contributed by atoms with van der Waals surface area (Å²) in [7, 11) is 1.71. The zero-order valence-corrected chi connectivity index (χ0v) is 19.8. The van der Waals surface area contributed by atoms with Crippen molar-refractivity contribution in [3.63, 3.8) is 0 Å². The zero-order valence-electron chi connectivity index (χ0n) is 19.8. The van der Waals surface area contributed by atoms with Crippen LogP contribution in [0.5, 0.6) is 5.75 Å². The molecule has 1 N–H and O–H groups in total. The quantitative estimate of drug-likeness (QED) is 0.768. The van der Waals surface area contributed by atoms with Crippen molar-refractivity contribution in [2.75, 3.05) is 20.1 Å². The number of aromatic nitrogens is 2. The molecule has 1 saturated heterocycles. The van der Waals surface area contributed by atoms with E-state index in [1.54, 1.807) is 16.8 Å². The highest BCUT2D eigenvalue weighted by molar-refractivity contribution is 5.94. The van der Waals surface area contributed by atoms with E-state index in [9.17, 15) is 14.7 Å². The predicted molar refractivity (Wildman–Crippen MR) is 122 cm³/mol. The Balaban J connectivity index is 1.65. The van der Waals surface area contributed by atoms with E-state index in [0.29, 0.717) is 31.8 Å². The highest BCUT2D eigenvalue weighted by Crippen LogP contribution is 2.24. The van der Waals surface area contributed by atoms with Crippen LogP contribution in [0.1, 0.15) is 69.4 Å². The Morgan fingerprint density at radius 1 is 1.16 bits per heavy atom. The number of rotatable bonds is 4. The Kier molecular flexibility index (Phi) is 6.81. The Labute approximate surface area is 189 Å². The molecule has 2 heterocycles. The van der Waals surface area contributed by atoms with E-state index in [0.717, 1.165) is 5.69 Å². The van der Waals surface area contributed by atoms with Crippen LogP contribution >= 0.6 is 0 Å². The molecule has 2 amide bonds. The lowest BCUT2D eigenvalue weighted by Gasteiger charge is -2.37. The maximum Gasteiger partial charge on any atom is 0.410 e. The molecule has 2 aromatic rings. The Hall–Kier alpha value is -3.03. The summed E-state index contributed by atoms with van der Waals surface area (Å²) in [5, 5.41) is 14.7. The van der Waals surface area contributed by atoms with Gasteiger partial charge in [0, 0.05) is 26.2 Å². The molecule has 3 rings (SSSR count). The third kappa shape index (κ3) is 5.41. The topological polar surface area (TPSA) is 87.9 Å². The number of likely N-dealkylation sites (tertiary alicyclic amines) is 1. The number of nitrogens with zero attached hydrogens (tertiary/aromatic N) is 4. The van der Waals surface area contributed by atoms with Gasteiger partial charge < -0.3 is 19.6 Å². The van der Waals surface area contributed by atoms with Gasteiger partial charge >= 0.3 is 6.09 Å². The first-order valence-electron chi connectivity index (χ1n) is 11.1. The molecule has 0 saturated carbocycles. The SMILES string of the molecule is CC(C)c1ccc(-n2cc(O)c(C(=O)N(C)C3CCN(C(=O)OC(C)(C)C)CC3)n2)cc1. The molecule has 1 aromatic carbocycles. The van der Waals surface area contributed by atoms with Gasteiger partial charge in [0.25, 0.3) is 5.91 Å². The first-order valence-corrected chi connectivity index (χ1v) is 11.1. The molecule has 0 atom stereocenters. The monoisotopic (exact) mass is 442 g/mol. The zero-order chi connectivity index (χ0) is 23.6. The van der Waals surface area contributed by atoms with E-state index >= 15 is 0 Å². The van der Waals surface area contributed by atoms with Crippen molar-refractivity contribution in [2.24, 2.45) is 0 Å². The third-order valence-electron chi connectivity index (χ3n) is 5.71. The molecular weight excluding hydrogens is 408 g/mol. The summed E-state index contributed by atoms with van der Waals surface area (Å²) in [5.74, 6) is -0.0701. The van der Waals surface area contributed by atoms with Gasteiger partial charge in [-0.1, -0.05) is 26.0 Å². The molecular formula is C24H34N4O4. The van der Waals surface area contributed by atoms with Crippen LogP contribution in [0.15, 0.2) is 30.5 Å². The van der Waals surface area contributed by atoms with E-state index in [1.165, 1.54) is 16.4 Å². The van der Waals surface area contributed by atoms with E-state index in [1.807, 2.05) is 45.0 Å². The summed E-state index contributed by atoms with van der Waals surface area (Å²) in [5.41, 5.74) is 1.47. The lowest BCUT2D eigenvalue weighted by atomic mass is 10.0. The summed E-state index contributed by atoms with van der Waals surface area (Å²) in [4.78, 5) is 28.6. The molecule has 8 heteroatoms. The van der Waals surface area contributed by atoms with Gasteiger partial charge in [0.2, 0.25) is 0 Å². The van der Waals surface area contributed by atoms with Gasteiger partial charge in [-0.15, -0.1) is 0 Å². The molecule has 32 heavy (non-hydrogen) atoms. The molecule has 1 aliphatic rings. The van der Waals surface area contributed by atoms with Crippen LogP contribution in [-0.4, -0.2) is 68.5 Å². The second-order valence-electron chi connectivity index (χ2n) is 9.67. The summed E-state index contributed by atoms with van der Waals surface area (Å²) >= 11 is 0. The molecule has 1 aliphatic heterocycles. The van der Waals surface area contributed by atoms with Crippen molar-refractivity contribution in [3.8, 4) is 11.4 Å². The standard InChI is InChI=1S/C24H34N4O4/c1-16(2)17-7-9-19(10-8-17)28-15-20(29)21(25-28)22(30)26(6)18-11-13-27(14-12-18)23(31)32-24(3,4)5/h7-10,15-16,18,29H,11-14H2,1-6H3. The molecule has 0 spiro atoms. The molecule has 0 unspecified atom stereocenters. The lowest BCUT2D eigenvalue weighted by molar-refractivity contribution is 0.0159. The summed E-state index contributed by atoms with van der Waals surface area (Å²) in [6, 6.07) is 7.84. The fraction of sp³-hybridized carbons (Fsp3) is 0.542. The summed E-state index contributed by atoms with van der Waals surface area (Å²) in [6.45, 7) is 10.8. The fourth-order valence-electron chi connectivity index (χ4n) is 3.76. The highest BCUT2D eigenvalue weighted by Gasteiger charge is 2.32.